The number of hydrogen-bond donors (Lipinski definition) is 2. The molecule has 1 aliphatic heterocycles. The standard InChI is InChI=1S/C7H14O4/c1-4-5(3-8)11-7(10-2)6(4)9/h4-9H,3H2,1-2H3/t4?,5-,6?,7-/m1/s1. The lowest BCUT2D eigenvalue weighted by molar-refractivity contribution is -0.153. The smallest absolute Gasteiger partial charge is 0.183 e. The molecule has 4 heteroatoms. The summed E-state index contributed by atoms with van der Waals surface area (Å²) < 4.78 is 10.0. The van der Waals surface area contributed by atoms with Crippen LogP contribution in [0.25, 0.3) is 0 Å². The van der Waals surface area contributed by atoms with Crippen molar-refractivity contribution in [1.29, 1.82) is 0 Å². The van der Waals surface area contributed by atoms with Gasteiger partial charge in [-0.05, 0) is 0 Å². The first kappa shape index (κ1) is 8.93. The van der Waals surface area contributed by atoms with E-state index in [0.29, 0.717) is 0 Å². The van der Waals surface area contributed by atoms with Crippen molar-refractivity contribution in [2.45, 2.75) is 25.4 Å². The van der Waals surface area contributed by atoms with Crippen molar-refractivity contribution < 1.29 is 19.7 Å². The Balaban J connectivity index is 2.53. The van der Waals surface area contributed by atoms with E-state index < -0.39 is 12.4 Å². The number of aliphatic hydroxyl groups is 2. The second-order valence-electron chi connectivity index (χ2n) is 2.81. The van der Waals surface area contributed by atoms with Crippen LogP contribution in [-0.2, 0) is 9.47 Å². The minimum Gasteiger partial charge on any atom is -0.394 e. The average molecular weight is 162 g/mol. The number of ether oxygens (including phenoxy) is 2. The molecule has 0 aromatic heterocycles. The highest BCUT2D eigenvalue weighted by atomic mass is 16.7. The molecule has 1 saturated heterocycles. The van der Waals surface area contributed by atoms with Crippen molar-refractivity contribution in [2.75, 3.05) is 13.7 Å². The van der Waals surface area contributed by atoms with Gasteiger partial charge in [0.1, 0.15) is 6.10 Å². The van der Waals surface area contributed by atoms with Crippen molar-refractivity contribution in [1.82, 2.24) is 0 Å². The molecule has 0 aromatic rings. The molecule has 0 aromatic carbocycles. The van der Waals surface area contributed by atoms with Gasteiger partial charge in [0, 0.05) is 13.0 Å². The van der Waals surface area contributed by atoms with Gasteiger partial charge in [-0.25, -0.2) is 0 Å². The Morgan fingerprint density at radius 1 is 1.55 bits per heavy atom. The molecule has 1 heterocycles. The average Bonchev–Trinajstić information content (AvgIpc) is 2.30. The lowest BCUT2D eigenvalue weighted by Gasteiger charge is -2.12. The first-order valence-electron chi connectivity index (χ1n) is 3.68. The summed E-state index contributed by atoms with van der Waals surface area (Å²) in [5.41, 5.74) is 0. The third kappa shape index (κ3) is 1.54. The van der Waals surface area contributed by atoms with Crippen LogP contribution in [0, 0.1) is 5.92 Å². The van der Waals surface area contributed by atoms with Gasteiger partial charge in [0.2, 0.25) is 0 Å². The van der Waals surface area contributed by atoms with Gasteiger partial charge in [-0.2, -0.15) is 0 Å². The summed E-state index contributed by atoms with van der Waals surface area (Å²) >= 11 is 0. The fourth-order valence-corrected chi connectivity index (χ4v) is 1.25. The molecular weight excluding hydrogens is 148 g/mol. The summed E-state index contributed by atoms with van der Waals surface area (Å²) in [6.45, 7) is 1.75. The van der Waals surface area contributed by atoms with Gasteiger partial charge in [0.25, 0.3) is 0 Å². The molecule has 1 rings (SSSR count). The number of aliphatic hydroxyl groups excluding tert-OH is 2. The molecule has 4 atom stereocenters. The summed E-state index contributed by atoms with van der Waals surface area (Å²) in [5, 5.41) is 18.2. The van der Waals surface area contributed by atoms with E-state index in [1.54, 1.807) is 0 Å². The van der Waals surface area contributed by atoms with Crippen molar-refractivity contribution >= 4 is 0 Å². The summed E-state index contributed by atoms with van der Waals surface area (Å²) in [5.74, 6) is -0.0649. The lowest BCUT2D eigenvalue weighted by atomic mass is 10.0. The molecule has 1 aliphatic rings. The zero-order chi connectivity index (χ0) is 8.43. The Kier molecular flexibility index (Phi) is 2.84. The third-order valence-electron chi connectivity index (χ3n) is 2.13. The zero-order valence-electron chi connectivity index (χ0n) is 6.73. The first-order valence-corrected chi connectivity index (χ1v) is 3.68. The van der Waals surface area contributed by atoms with E-state index >= 15 is 0 Å². The zero-order valence-corrected chi connectivity index (χ0v) is 6.73. The van der Waals surface area contributed by atoms with Gasteiger partial charge in [-0.1, -0.05) is 6.92 Å². The van der Waals surface area contributed by atoms with Crippen molar-refractivity contribution in [2.24, 2.45) is 5.92 Å². The highest BCUT2D eigenvalue weighted by molar-refractivity contribution is 4.82. The SMILES string of the molecule is CO[C@@H]1O[C@H](CO)C(C)C1O. The summed E-state index contributed by atoms with van der Waals surface area (Å²) in [6, 6.07) is 0. The Bertz CT molecular complexity index is 110. The van der Waals surface area contributed by atoms with E-state index in [1.165, 1.54) is 7.11 Å². The maximum absolute atomic E-state index is 9.40. The van der Waals surface area contributed by atoms with Crippen LogP contribution in [-0.4, -0.2) is 42.4 Å². The van der Waals surface area contributed by atoms with Gasteiger partial charge in [-0.3, -0.25) is 0 Å². The van der Waals surface area contributed by atoms with Gasteiger partial charge in [-0.15, -0.1) is 0 Å². The quantitative estimate of drug-likeness (QED) is 0.566. The van der Waals surface area contributed by atoms with Crippen LogP contribution in [0.1, 0.15) is 6.92 Å². The van der Waals surface area contributed by atoms with Crippen molar-refractivity contribution in [3.63, 3.8) is 0 Å². The van der Waals surface area contributed by atoms with Crippen LogP contribution in [0.5, 0.6) is 0 Å². The van der Waals surface area contributed by atoms with Crippen LogP contribution in [0.15, 0.2) is 0 Å². The Morgan fingerprint density at radius 3 is 2.45 bits per heavy atom. The molecule has 0 spiro atoms. The number of hydrogen-bond acceptors (Lipinski definition) is 4. The van der Waals surface area contributed by atoms with E-state index in [9.17, 15) is 5.11 Å². The van der Waals surface area contributed by atoms with Crippen LogP contribution >= 0.6 is 0 Å². The predicted molar refractivity (Wildman–Crippen MR) is 37.9 cm³/mol. The minimum atomic E-state index is -0.628. The molecule has 1 fully saturated rings. The molecule has 66 valence electrons. The summed E-state index contributed by atoms with van der Waals surface area (Å²) in [6.07, 6.45) is -1.51. The minimum absolute atomic E-state index is 0.0649. The van der Waals surface area contributed by atoms with E-state index in [4.69, 9.17) is 14.6 Å². The van der Waals surface area contributed by atoms with Crippen LogP contribution in [0.3, 0.4) is 0 Å². The monoisotopic (exact) mass is 162 g/mol. The Hall–Kier alpha value is -0.160. The maximum atomic E-state index is 9.40. The fraction of sp³-hybridized carbons (Fsp3) is 1.00. The molecule has 0 amide bonds. The highest BCUT2D eigenvalue weighted by Gasteiger charge is 2.40. The van der Waals surface area contributed by atoms with E-state index in [0.717, 1.165) is 0 Å². The van der Waals surface area contributed by atoms with Crippen LogP contribution < -0.4 is 0 Å². The highest BCUT2D eigenvalue weighted by Crippen LogP contribution is 2.26. The van der Waals surface area contributed by atoms with Crippen molar-refractivity contribution in [3.05, 3.63) is 0 Å². The molecule has 0 radical (unpaired) electrons. The van der Waals surface area contributed by atoms with E-state index in [2.05, 4.69) is 0 Å². The second-order valence-corrected chi connectivity index (χ2v) is 2.81. The van der Waals surface area contributed by atoms with E-state index in [-0.39, 0.29) is 18.6 Å². The summed E-state index contributed by atoms with van der Waals surface area (Å²) in [7, 11) is 1.47. The number of rotatable bonds is 2. The third-order valence-corrected chi connectivity index (χ3v) is 2.13. The van der Waals surface area contributed by atoms with Gasteiger partial charge in [0.15, 0.2) is 6.29 Å². The van der Waals surface area contributed by atoms with Crippen LogP contribution in [0.2, 0.25) is 0 Å². The van der Waals surface area contributed by atoms with E-state index in [1.807, 2.05) is 6.92 Å². The molecule has 2 unspecified atom stereocenters. The summed E-state index contributed by atoms with van der Waals surface area (Å²) in [4.78, 5) is 0. The lowest BCUT2D eigenvalue weighted by Crippen LogP contribution is -2.27. The topological polar surface area (TPSA) is 58.9 Å². The Labute approximate surface area is 65.7 Å². The second kappa shape index (κ2) is 3.49. The molecule has 2 N–H and O–H groups in total. The molecular formula is C7H14O4. The number of methoxy groups -OCH3 is 1. The fourth-order valence-electron chi connectivity index (χ4n) is 1.25. The first-order chi connectivity index (χ1) is 5.20. The van der Waals surface area contributed by atoms with Gasteiger partial charge < -0.3 is 19.7 Å². The molecule has 0 bridgehead atoms. The van der Waals surface area contributed by atoms with Gasteiger partial charge >= 0.3 is 0 Å². The van der Waals surface area contributed by atoms with Crippen LogP contribution in [0.4, 0.5) is 0 Å². The molecule has 11 heavy (non-hydrogen) atoms. The Morgan fingerprint density at radius 2 is 2.18 bits per heavy atom. The molecule has 0 saturated carbocycles. The normalized spacial score (nSPS) is 44.7. The van der Waals surface area contributed by atoms with Gasteiger partial charge in [0.05, 0.1) is 12.7 Å². The predicted octanol–water partition coefficient (Wildman–Crippen LogP) is -0.653. The largest absolute Gasteiger partial charge is 0.394 e. The molecule has 4 nitrogen and oxygen atoms in total. The molecule has 0 aliphatic carbocycles. The van der Waals surface area contributed by atoms with Crippen molar-refractivity contribution in [3.8, 4) is 0 Å². The maximum Gasteiger partial charge on any atom is 0.183 e.